The number of imidazole rings is 1. The maximum atomic E-state index is 12.3. The summed E-state index contributed by atoms with van der Waals surface area (Å²) in [5.41, 5.74) is 12.2. The van der Waals surface area contributed by atoms with E-state index in [-0.39, 0.29) is 41.3 Å². The molecule has 2 amide bonds. The average molecular weight is 622 g/mol. The van der Waals surface area contributed by atoms with Gasteiger partial charge in [-0.1, -0.05) is 17.3 Å². The van der Waals surface area contributed by atoms with E-state index in [0.717, 1.165) is 20.2 Å². The molecule has 0 radical (unpaired) electrons. The number of amides is 2. The summed E-state index contributed by atoms with van der Waals surface area (Å²) in [5, 5.41) is 27.8. The van der Waals surface area contributed by atoms with Crippen LogP contribution in [0.3, 0.4) is 0 Å². The van der Waals surface area contributed by atoms with Gasteiger partial charge in [-0.3, -0.25) is 24.2 Å². The van der Waals surface area contributed by atoms with Gasteiger partial charge in [0.15, 0.2) is 11.3 Å². The van der Waals surface area contributed by atoms with Gasteiger partial charge in [-0.15, -0.1) is 5.10 Å². The van der Waals surface area contributed by atoms with Crippen LogP contribution in [0.25, 0.3) is 16.7 Å². The maximum absolute atomic E-state index is 12.3. The number of aromatic nitrogens is 8. The number of aromatic amines is 2. The van der Waals surface area contributed by atoms with Crippen LogP contribution in [0.2, 0.25) is 0 Å². The number of aryl methyl sites for hydroxylation is 3. The molecule has 4 aromatic heterocycles. The first kappa shape index (κ1) is 31.5. The van der Waals surface area contributed by atoms with Gasteiger partial charge in [0.1, 0.15) is 18.0 Å². The van der Waals surface area contributed by atoms with E-state index in [1.165, 1.54) is 13.4 Å². The number of fused-ring (bicyclic) bond motifs is 2. The molecule has 0 saturated carbocycles. The highest BCUT2D eigenvalue weighted by molar-refractivity contribution is 5.97. The lowest BCUT2D eigenvalue weighted by atomic mass is 10.0. The molecule has 0 spiro atoms. The van der Waals surface area contributed by atoms with Crippen molar-refractivity contribution in [3.8, 4) is 0 Å². The molecule has 0 aliphatic carbocycles. The SMILES string of the molecule is Cn1nnc2c(C(N)=O)ncn2c1=O.Nc1nc2[nH]cc(CCc3ccc(C(=O)N[C@H](CCC(=O)O)C(=O)O)cc3)c2c(=O)[nH]1. The number of rotatable bonds is 10. The molecule has 45 heavy (non-hydrogen) atoms. The molecule has 4 heterocycles. The lowest BCUT2D eigenvalue weighted by molar-refractivity contribution is -0.140. The van der Waals surface area contributed by atoms with Gasteiger partial charge in [0.25, 0.3) is 17.4 Å². The number of hydrogen-bond acceptors (Lipinski definition) is 11. The minimum absolute atomic E-state index is 0.0351. The molecule has 0 saturated heterocycles. The zero-order valence-corrected chi connectivity index (χ0v) is 23.6. The van der Waals surface area contributed by atoms with Crippen molar-refractivity contribution < 1.29 is 29.4 Å². The van der Waals surface area contributed by atoms with Gasteiger partial charge in [0.2, 0.25) is 5.95 Å². The van der Waals surface area contributed by atoms with E-state index in [1.807, 2.05) is 0 Å². The van der Waals surface area contributed by atoms with Crippen molar-refractivity contribution in [2.75, 3.05) is 5.73 Å². The number of nitrogens with zero attached hydrogens (tertiary/aromatic N) is 6. The summed E-state index contributed by atoms with van der Waals surface area (Å²) < 4.78 is 2.13. The number of carbonyl (C=O) groups is 4. The van der Waals surface area contributed by atoms with Gasteiger partial charge < -0.3 is 32.0 Å². The lowest BCUT2D eigenvalue weighted by Gasteiger charge is -2.13. The Morgan fingerprint density at radius 1 is 1.09 bits per heavy atom. The Kier molecular flexibility index (Phi) is 9.30. The van der Waals surface area contributed by atoms with Crippen molar-refractivity contribution in [3.05, 3.63) is 80.0 Å². The molecule has 5 aromatic rings. The molecule has 5 rings (SSSR count). The number of nitrogens with one attached hydrogen (secondary N) is 3. The van der Waals surface area contributed by atoms with Crippen LogP contribution in [-0.2, 0) is 29.5 Å². The Balaban J connectivity index is 0.000000273. The van der Waals surface area contributed by atoms with Crippen molar-refractivity contribution in [3.63, 3.8) is 0 Å². The molecule has 0 unspecified atom stereocenters. The van der Waals surface area contributed by atoms with Crippen LogP contribution in [0.15, 0.2) is 46.4 Å². The Labute approximate surface area is 250 Å². The topological polar surface area (TPSA) is 299 Å². The molecule has 0 bridgehead atoms. The summed E-state index contributed by atoms with van der Waals surface area (Å²) in [6.45, 7) is 0. The quantitative estimate of drug-likeness (QED) is 0.0944. The second-order valence-electron chi connectivity index (χ2n) is 9.63. The number of benzene rings is 1. The highest BCUT2D eigenvalue weighted by Crippen LogP contribution is 2.16. The average Bonchev–Trinajstić information content (AvgIpc) is 3.61. The minimum atomic E-state index is -1.30. The van der Waals surface area contributed by atoms with Crippen LogP contribution in [0, 0.1) is 0 Å². The first-order chi connectivity index (χ1) is 21.3. The number of aliphatic carboxylic acids is 2. The molecular formula is C26H27N11O8. The van der Waals surface area contributed by atoms with Crippen LogP contribution in [0.1, 0.15) is 44.8 Å². The summed E-state index contributed by atoms with van der Waals surface area (Å²) in [5.74, 6) is -3.74. The van der Waals surface area contributed by atoms with Crippen LogP contribution >= 0.6 is 0 Å². The first-order valence-electron chi connectivity index (χ1n) is 13.1. The number of nitrogens with two attached hydrogens (primary N) is 2. The number of hydrogen-bond donors (Lipinski definition) is 7. The van der Waals surface area contributed by atoms with E-state index < -0.39 is 35.5 Å². The van der Waals surface area contributed by atoms with Crippen molar-refractivity contribution in [2.45, 2.75) is 31.7 Å². The summed E-state index contributed by atoms with van der Waals surface area (Å²) in [7, 11) is 1.44. The number of H-pyrrole nitrogens is 2. The molecule has 9 N–H and O–H groups in total. The third-order valence-corrected chi connectivity index (χ3v) is 6.52. The van der Waals surface area contributed by atoms with Crippen LogP contribution in [0.4, 0.5) is 5.95 Å². The number of nitrogen functional groups attached to an aromatic ring is 1. The summed E-state index contributed by atoms with van der Waals surface area (Å²) in [4.78, 5) is 81.6. The van der Waals surface area contributed by atoms with Gasteiger partial charge in [-0.2, -0.15) is 9.67 Å². The van der Waals surface area contributed by atoms with Crippen molar-refractivity contribution in [1.29, 1.82) is 0 Å². The number of carbonyl (C=O) groups excluding carboxylic acids is 2. The molecule has 1 atom stereocenters. The Morgan fingerprint density at radius 2 is 1.80 bits per heavy atom. The summed E-state index contributed by atoms with van der Waals surface area (Å²) in [6, 6.07) is 5.30. The van der Waals surface area contributed by atoms with E-state index in [0.29, 0.717) is 23.9 Å². The maximum Gasteiger partial charge on any atom is 0.352 e. The summed E-state index contributed by atoms with van der Waals surface area (Å²) in [6.07, 6.45) is 3.46. The molecular weight excluding hydrogens is 594 g/mol. The highest BCUT2D eigenvalue weighted by Gasteiger charge is 2.21. The third kappa shape index (κ3) is 7.34. The molecule has 234 valence electrons. The summed E-state index contributed by atoms with van der Waals surface area (Å²) >= 11 is 0. The minimum Gasteiger partial charge on any atom is -0.481 e. The van der Waals surface area contributed by atoms with Gasteiger partial charge >= 0.3 is 17.6 Å². The zero-order valence-electron chi connectivity index (χ0n) is 23.6. The van der Waals surface area contributed by atoms with E-state index in [9.17, 15) is 28.8 Å². The monoisotopic (exact) mass is 621 g/mol. The van der Waals surface area contributed by atoms with Crippen LogP contribution in [-0.4, -0.2) is 79.3 Å². The van der Waals surface area contributed by atoms with Gasteiger partial charge in [-0.25, -0.2) is 19.0 Å². The Hall–Kier alpha value is -6.40. The largest absolute Gasteiger partial charge is 0.481 e. The molecule has 19 nitrogen and oxygen atoms in total. The fourth-order valence-electron chi connectivity index (χ4n) is 4.24. The number of carboxylic acids is 2. The van der Waals surface area contributed by atoms with E-state index in [4.69, 9.17) is 21.7 Å². The van der Waals surface area contributed by atoms with Gasteiger partial charge in [0, 0.05) is 25.2 Å². The smallest absolute Gasteiger partial charge is 0.352 e. The van der Waals surface area contributed by atoms with Crippen molar-refractivity contribution in [2.24, 2.45) is 12.8 Å². The molecule has 0 aliphatic heterocycles. The third-order valence-electron chi connectivity index (χ3n) is 6.52. The lowest BCUT2D eigenvalue weighted by Crippen LogP contribution is -2.41. The normalized spacial score (nSPS) is 11.5. The van der Waals surface area contributed by atoms with Gasteiger partial charge in [-0.05, 0) is 42.5 Å². The van der Waals surface area contributed by atoms with E-state index >= 15 is 0 Å². The van der Waals surface area contributed by atoms with E-state index in [2.05, 4.69) is 35.6 Å². The highest BCUT2D eigenvalue weighted by atomic mass is 16.4. The Morgan fingerprint density at radius 3 is 2.44 bits per heavy atom. The number of anilines is 1. The number of carboxylic acid groups (broad SMARTS) is 2. The predicted molar refractivity (Wildman–Crippen MR) is 155 cm³/mol. The Bertz CT molecular complexity index is 2020. The van der Waals surface area contributed by atoms with Gasteiger partial charge in [0.05, 0.1) is 5.39 Å². The second-order valence-corrected chi connectivity index (χ2v) is 9.63. The molecule has 1 aromatic carbocycles. The van der Waals surface area contributed by atoms with Crippen molar-refractivity contribution >= 4 is 46.4 Å². The molecule has 0 aliphatic rings. The molecule has 0 fully saturated rings. The predicted octanol–water partition coefficient (Wildman–Crippen LogP) is -1.41. The fraction of sp³-hybridized carbons (Fsp3) is 0.231. The standard InChI is InChI=1S/C20H21N5O6.C6H6N6O2/c21-20-24-16-15(18(29)25-20)12(9-22-16)6-3-10-1-4-11(5-2-10)17(28)23-13(19(30)31)7-8-14(26)27;1-11-6(14)12-2-8-3(4(7)13)5(12)9-10-11/h1-2,4-5,9,13H,3,6-8H2,(H,23,28)(H,26,27)(H,30,31)(H4,21,22,24,25,29);2H,1H3,(H2,7,13)/t13-;/m1./s1. The molecule has 19 heteroatoms. The fourth-order valence-corrected chi connectivity index (χ4v) is 4.24. The van der Waals surface area contributed by atoms with Crippen LogP contribution in [0.5, 0.6) is 0 Å². The zero-order chi connectivity index (χ0) is 32.8. The first-order valence-corrected chi connectivity index (χ1v) is 13.1. The number of primary amides is 1. The van der Waals surface area contributed by atoms with Crippen molar-refractivity contribution in [1.82, 2.24) is 44.6 Å². The van der Waals surface area contributed by atoms with E-state index in [1.54, 1.807) is 30.5 Å². The second kappa shape index (κ2) is 13.3. The van der Waals surface area contributed by atoms with Crippen LogP contribution < -0.4 is 28.0 Å².